The molecule has 1 atom stereocenters. The van der Waals surface area contributed by atoms with E-state index in [-0.39, 0.29) is 0 Å². The Morgan fingerprint density at radius 2 is 2.10 bits per heavy atom. The third-order valence-electron chi connectivity index (χ3n) is 4.39. The van der Waals surface area contributed by atoms with Crippen LogP contribution in [0.1, 0.15) is 43.7 Å². The van der Waals surface area contributed by atoms with Crippen LogP contribution in [0, 0.1) is 19.3 Å². The molecule has 3 nitrogen and oxygen atoms in total. The number of hydrogen-bond donors (Lipinski definition) is 2. The van der Waals surface area contributed by atoms with Crippen molar-refractivity contribution in [2.45, 2.75) is 52.6 Å². The van der Waals surface area contributed by atoms with Crippen LogP contribution in [0.25, 0.3) is 0 Å². The number of ether oxygens (including phenoxy) is 1. The Balaban J connectivity index is 1.68. The molecule has 0 radical (unpaired) electrons. The third-order valence-corrected chi connectivity index (χ3v) is 4.39. The van der Waals surface area contributed by atoms with Crippen LogP contribution in [0.4, 0.5) is 0 Å². The van der Waals surface area contributed by atoms with Gasteiger partial charge in [-0.25, -0.2) is 0 Å². The summed E-state index contributed by atoms with van der Waals surface area (Å²) in [6, 6.07) is 6.15. The monoisotopic (exact) mass is 291 g/mol. The lowest BCUT2D eigenvalue weighted by Crippen LogP contribution is -2.34. The topological polar surface area (TPSA) is 41.5 Å². The summed E-state index contributed by atoms with van der Waals surface area (Å²) in [5.74, 6) is 0.874. The van der Waals surface area contributed by atoms with Crippen molar-refractivity contribution in [3.05, 3.63) is 29.3 Å². The number of nitrogens with one attached hydrogen (secondary N) is 1. The predicted molar refractivity (Wildman–Crippen MR) is 86.9 cm³/mol. The standard InChI is InChI=1S/C18H29NO2/c1-4-7-18(8-9-18)13-19-11-16(20)12-21-17-10-14(2)5-6-15(17)3/h5-6,10,16,19-20H,4,7-9,11-13H2,1-3H3. The smallest absolute Gasteiger partial charge is 0.122 e. The Kier molecular flexibility index (Phi) is 5.65. The molecule has 1 unspecified atom stereocenters. The van der Waals surface area contributed by atoms with Gasteiger partial charge in [-0.1, -0.05) is 25.5 Å². The summed E-state index contributed by atoms with van der Waals surface area (Å²) < 4.78 is 5.74. The van der Waals surface area contributed by atoms with Crippen LogP contribution in [-0.2, 0) is 0 Å². The maximum absolute atomic E-state index is 10.0. The van der Waals surface area contributed by atoms with Crippen molar-refractivity contribution in [3.8, 4) is 5.75 Å². The van der Waals surface area contributed by atoms with Gasteiger partial charge in [-0.3, -0.25) is 0 Å². The van der Waals surface area contributed by atoms with Crippen LogP contribution in [0.2, 0.25) is 0 Å². The molecule has 2 rings (SSSR count). The van der Waals surface area contributed by atoms with Crippen molar-refractivity contribution in [3.63, 3.8) is 0 Å². The second kappa shape index (κ2) is 7.28. The zero-order valence-electron chi connectivity index (χ0n) is 13.6. The Morgan fingerprint density at radius 3 is 2.76 bits per heavy atom. The molecule has 1 aliphatic rings. The molecule has 0 saturated heterocycles. The maximum Gasteiger partial charge on any atom is 0.122 e. The number of aliphatic hydroxyl groups is 1. The minimum absolute atomic E-state index is 0.345. The van der Waals surface area contributed by atoms with Gasteiger partial charge in [0.05, 0.1) is 0 Å². The molecule has 0 bridgehead atoms. The van der Waals surface area contributed by atoms with Gasteiger partial charge in [-0.15, -0.1) is 0 Å². The van der Waals surface area contributed by atoms with Crippen molar-refractivity contribution < 1.29 is 9.84 Å². The van der Waals surface area contributed by atoms with E-state index in [4.69, 9.17) is 4.74 Å². The normalized spacial score (nSPS) is 17.5. The van der Waals surface area contributed by atoms with E-state index in [2.05, 4.69) is 24.4 Å². The second-order valence-electron chi connectivity index (χ2n) is 6.61. The molecule has 0 aromatic heterocycles. The van der Waals surface area contributed by atoms with E-state index in [0.717, 1.165) is 17.9 Å². The lowest BCUT2D eigenvalue weighted by Gasteiger charge is -2.18. The Bertz CT molecular complexity index is 455. The molecular weight excluding hydrogens is 262 g/mol. The number of benzene rings is 1. The molecule has 1 aliphatic carbocycles. The fraction of sp³-hybridized carbons (Fsp3) is 0.667. The third kappa shape index (κ3) is 5.01. The fourth-order valence-electron chi connectivity index (χ4n) is 2.83. The van der Waals surface area contributed by atoms with Gasteiger partial charge in [-0.05, 0) is 55.7 Å². The van der Waals surface area contributed by atoms with Crippen LogP contribution < -0.4 is 10.1 Å². The zero-order valence-corrected chi connectivity index (χ0v) is 13.6. The first-order chi connectivity index (χ1) is 10.0. The van der Waals surface area contributed by atoms with Gasteiger partial charge in [0.1, 0.15) is 18.5 Å². The molecule has 2 N–H and O–H groups in total. The lowest BCUT2D eigenvalue weighted by molar-refractivity contribution is 0.104. The highest BCUT2D eigenvalue weighted by atomic mass is 16.5. The zero-order chi connectivity index (χ0) is 15.3. The average Bonchev–Trinajstić information content (AvgIpc) is 3.20. The van der Waals surface area contributed by atoms with E-state index in [1.807, 2.05) is 19.9 Å². The van der Waals surface area contributed by atoms with E-state index in [0.29, 0.717) is 18.6 Å². The van der Waals surface area contributed by atoms with Crippen molar-refractivity contribution in [2.24, 2.45) is 5.41 Å². The summed E-state index contributed by atoms with van der Waals surface area (Å²) in [4.78, 5) is 0. The molecule has 0 aliphatic heterocycles. The summed E-state index contributed by atoms with van der Waals surface area (Å²) in [5.41, 5.74) is 2.82. The van der Waals surface area contributed by atoms with E-state index >= 15 is 0 Å². The summed E-state index contributed by atoms with van der Waals surface area (Å²) in [5, 5.41) is 13.4. The summed E-state index contributed by atoms with van der Waals surface area (Å²) >= 11 is 0. The minimum Gasteiger partial charge on any atom is -0.491 e. The van der Waals surface area contributed by atoms with Crippen LogP contribution in [0.15, 0.2) is 18.2 Å². The van der Waals surface area contributed by atoms with Crippen molar-refractivity contribution in [1.82, 2.24) is 5.32 Å². The van der Waals surface area contributed by atoms with E-state index in [9.17, 15) is 5.11 Å². The van der Waals surface area contributed by atoms with E-state index in [1.54, 1.807) is 0 Å². The van der Waals surface area contributed by atoms with E-state index in [1.165, 1.54) is 31.2 Å². The van der Waals surface area contributed by atoms with Crippen LogP contribution in [0.3, 0.4) is 0 Å². The van der Waals surface area contributed by atoms with Crippen molar-refractivity contribution in [2.75, 3.05) is 19.7 Å². The quantitative estimate of drug-likeness (QED) is 0.734. The number of rotatable bonds is 9. The molecule has 1 saturated carbocycles. The molecule has 3 heteroatoms. The Labute approximate surface area is 128 Å². The van der Waals surface area contributed by atoms with E-state index < -0.39 is 6.10 Å². The van der Waals surface area contributed by atoms with Crippen LogP contribution >= 0.6 is 0 Å². The molecule has 118 valence electrons. The fourth-order valence-corrected chi connectivity index (χ4v) is 2.83. The molecule has 0 spiro atoms. The number of hydrogen-bond acceptors (Lipinski definition) is 3. The van der Waals surface area contributed by atoms with Crippen molar-refractivity contribution in [1.29, 1.82) is 0 Å². The first-order valence-corrected chi connectivity index (χ1v) is 8.13. The Hall–Kier alpha value is -1.06. The van der Waals surface area contributed by atoms with Gasteiger partial charge in [0.25, 0.3) is 0 Å². The predicted octanol–water partition coefficient (Wildman–Crippen LogP) is 3.21. The molecule has 21 heavy (non-hydrogen) atoms. The first kappa shape index (κ1) is 16.3. The van der Waals surface area contributed by atoms with Gasteiger partial charge >= 0.3 is 0 Å². The molecule has 1 aromatic carbocycles. The summed E-state index contributed by atoms with van der Waals surface area (Å²) in [6.45, 7) is 8.30. The molecular formula is C18H29NO2. The summed E-state index contributed by atoms with van der Waals surface area (Å²) in [6.07, 6.45) is 4.77. The highest BCUT2D eigenvalue weighted by Gasteiger charge is 2.40. The highest BCUT2D eigenvalue weighted by molar-refractivity contribution is 5.35. The van der Waals surface area contributed by atoms with Gasteiger partial charge in [0.15, 0.2) is 0 Å². The van der Waals surface area contributed by atoms with Gasteiger partial charge in [0, 0.05) is 13.1 Å². The molecule has 1 aromatic rings. The van der Waals surface area contributed by atoms with Crippen LogP contribution in [0.5, 0.6) is 5.75 Å². The minimum atomic E-state index is -0.456. The lowest BCUT2D eigenvalue weighted by atomic mass is 10.0. The maximum atomic E-state index is 10.0. The van der Waals surface area contributed by atoms with Gasteiger partial charge in [0.2, 0.25) is 0 Å². The Morgan fingerprint density at radius 1 is 1.33 bits per heavy atom. The average molecular weight is 291 g/mol. The van der Waals surface area contributed by atoms with Crippen molar-refractivity contribution >= 4 is 0 Å². The molecule has 0 amide bonds. The second-order valence-corrected chi connectivity index (χ2v) is 6.61. The van der Waals surface area contributed by atoms with Gasteiger partial charge < -0.3 is 15.2 Å². The number of aliphatic hydroxyl groups excluding tert-OH is 1. The molecule has 1 fully saturated rings. The van der Waals surface area contributed by atoms with Gasteiger partial charge in [-0.2, -0.15) is 0 Å². The van der Waals surface area contributed by atoms with Crippen LogP contribution in [-0.4, -0.2) is 30.9 Å². The summed E-state index contributed by atoms with van der Waals surface area (Å²) in [7, 11) is 0. The number of aryl methyl sites for hydroxylation is 2. The first-order valence-electron chi connectivity index (χ1n) is 8.13. The highest BCUT2D eigenvalue weighted by Crippen LogP contribution is 2.48. The largest absolute Gasteiger partial charge is 0.491 e. The molecule has 0 heterocycles. The SMILES string of the molecule is CCCC1(CNCC(O)COc2cc(C)ccc2C)CC1.